The Morgan fingerprint density at radius 3 is 2.25 bits per heavy atom. The number of rotatable bonds is 7. The van der Waals surface area contributed by atoms with Gasteiger partial charge in [-0.05, 0) is 19.8 Å². The van der Waals surface area contributed by atoms with Crippen molar-refractivity contribution in [3.8, 4) is 0 Å². The molecule has 140 valence electrons. The zero-order valence-corrected chi connectivity index (χ0v) is 17.4. The third-order valence-corrected chi connectivity index (χ3v) is 3.89. The summed E-state index contributed by atoms with van der Waals surface area (Å²) in [6.07, 6.45) is 3.25. The van der Waals surface area contributed by atoms with Gasteiger partial charge in [-0.25, -0.2) is 0 Å². The van der Waals surface area contributed by atoms with Gasteiger partial charge in [0.05, 0.1) is 7.11 Å². The highest BCUT2D eigenvalue weighted by atomic mass is 127. The molecule has 0 saturated carbocycles. The van der Waals surface area contributed by atoms with Gasteiger partial charge in [-0.15, -0.1) is 24.0 Å². The maximum absolute atomic E-state index is 11.4. The first-order valence-electron chi connectivity index (χ1n) is 8.44. The van der Waals surface area contributed by atoms with E-state index in [9.17, 15) is 9.59 Å². The molecule has 1 saturated heterocycles. The van der Waals surface area contributed by atoms with Gasteiger partial charge in [0.15, 0.2) is 5.96 Å². The van der Waals surface area contributed by atoms with Gasteiger partial charge in [0.25, 0.3) is 0 Å². The number of ether oxygens (including phenoxy) is 1. The Hall–Kier alpha value is -1.06. The molecule has 1 amide bonds. The van der Waals surface area contributed by atoms with Crippen LogP contribution in [0.15, 0.2) is 4.99 Å². The summed E-state index contributed by atoms with van der Waals surface area (Å²) in [6, 6.07) is 0. The second-order valence-electron chi connectivity index (χ2n) is 5.62. The molecule has 7 nitrogen and oxygen atoms in total. The van der Waals surface area contributed by atoms with Crippen molar-refractivity contribution in [2.75, 3.05) is 46.4 Å². The van der Waals surface area contributed by atoms with E-state index in [1.807, 2.05) is 4.90 Å². The Morgan fingerprint density at radius 1 is 1.08 bits per heavy atom. The Kier molecular flexibility index (Phi) is 12.7. The highest BCUT2D eigenvalue weighted by Crippen LogP contribution is 2.04. The first kappa shape index (κ1) is 22.9. The number of piperazine rings is 1. The van der Waals surface area contributed by atoms with Crippen LogP contribution in [0.5, 0.6) is 0 Å². The van der Waals surface area contributed by atoms with Crippen LogP contribution in [-0.4, -0.2) is 74.0 Å². The van der Waals surface area contributed by atoms with Crippen LogP contribution in [0.3, 0.4) is 0 Å². The third kappa shape index (κ3) is 8.70. The predicted molar refractivity (Wildman–Crippen MR) is 106 cm³/mol. The fraction of sp³-hybridized carbons (Fsp3) is 0.812. The third-order valence-electron chi connectivity index (χ3n) is 3.89. The number of amides is 1. The molecule has 0 aliphatic carbocycles. The molecule has 0 radical (unpaired) electrons. The smallest absolute Gasteiger partial charge is 0.305 e. The molecule has 0 bridgehead atoms. The van der Waals surface area contributed by atoms with Crippen molar-refractivity contribution < 1.29 is 14.3 Å². The van der Waals surface area contributed by atoms with Gasteiger partial charge in [-0.1, -0.05) is 6.42 Å². The van der Waals surface area contributed by atoms with Gasteiger partial charge < -0.3 is 19.9 Å². The fourth-order valence-corrected chi connectivity index (χ4v) is 2.50. The number of methoxy groups -OCH3 is 1. The number of esters is 1. The van der Waals surface area contributed by atoms with E-state index in [0.717, 1.165) is 64.5 Å². The quantitative estimate of drug-likeness (QED) is 0.207. The molecule has 0 aromatic carbocycles. The van der Waals surface area contributed by atoms with Gasteiger partial charge in [0, 0.05) is 52.6 Å². The first-order chi connectivity index (χ1) is 11.1. The largest absolute Gasteiger partial charge is 0.469 e. The summed E-state index contributed by atoms with van der Waals surface area (Å²) in [5, 5.41) is 3.31. The van der Waals surface area contributed by atoms with Crippen molar-refractivity contribution >= 4 is 41.8 Å². The average Bonchev–Trinajstić information content (AvgIpc) is 2.56. The zero-order valence-electron chi connectivity index (χ0n) is 15.0. The lowest BCUT2D eigenvalue weighted by Gasteiger charge is -2.36. The van der Waals surface area contributed by atoms with Gasteiger partial charge in [0.1, 0.15) is 0 Å². The van der Waals surface area contributed by atoms with E-state index in [-0.39, 0.29) is 35.9 Å². The summed E-state index contributed by atoms with van der Waals surface area (Å²) in [4.78, 5) is 31.1. The molecule has 0 atom stereocenters. The zero-order chi connectivity index (χ0) is 17.1. The number of carbonyl (C=O) groups excluding carboxylic acids is 2. The van der Waals surface area contributed by atoms with Crippen molar-refractivity contribution in [1.29, 1.82) is 0 Å². The van der Waals surface area contributed by atoms with Gasteiger partial charge in [-0.3, -0.25) is 14.6 Å². The number of hydrogen-bond donors (Lipinski definition) is 1. The summed E-state index contributed by atoms with van der Waals surface area (Å²) >= 11 is 0. The van der Waals surface area contributed by atoms with Gasteiger partial charge in [-0.2, -0.15) is 0 Å². The van der Waals surface area contributed by atoms with Crippen LogP contribution in [0, 0.1) is 0 Å². The second-order valence-corrected chi connectivity index (χ2v) is 5.62. The second kappa shape index (κ2) is 13.3. The lowest BCUT2D eigenvalue weighted by Crippen LogP contribution is -2.53. The fourth-order valence-electron chi connectivity index (χ4n) is 2.50. The summed E-state index contributed by atoms with van der Waals surface area (Å²) in [7, 11) is 1.42. The Labute approximate surface area is 162 Å². The van der Waals surface area contributed by atoms with E-state index in [1.54, 1.807) is 6.92 Å². The summed E-state index contributed by atoms with van der Waals surface area (Å²) in [5.74, 6) is 0.908. The molecule has 0 spiro atoms. The van der Waals surface area contributed by atoms with Gasteiger partial charge >= 0.3 is 5.97 Å². The summed E-state index contributed by atoms with van der Waals surface area (Å²) in [6.45, 7) is 8.37. The number of hydrogen-bond acceptors (Lipinski definition) is 4. The molecule has 1 aliphatic rings. The molecule has 0 aromatic rings. The lowest BCUT2D eigenvalue weighted by molar-refractivity contribution is -0.140. The van der Waals surface area contributed by atoms with Crippen LogP contribution in [0.4, 0.5) is 0 Å². The highest BCUT2D eigenvalue weighted by Gasteiger charge is 2.20. The van der Waals surface area contributed by atoms with E-state index < -0.39 is 0 Å². The maximum atomic E-state index is 11.4. The maximum Gasteiger partial charge on any atom is 0.305 e. The standard InChI is InChI=1S/C16H30N4O3.HI/c1-4-17-16(18-9-7-5-6-8-15(22)23-3)20-12-10-19(11-13-20)14(2)21;/h4-13H2,1-3H3,(H,17,18);1H. The molecule has 1 rings (SSSR count). The average molecular weight is 454 g/mol. The number of halogens is 1. The van der Waals surface area contributed by atoms with Crippen molar-refractivity contribution in [2.24, 2.45) is 4.99 Å². The number of guanidine groups is 1. The normalized spacial score (nSPS) is 14.9. The Morgan fingerprint density at radius 2 is 1.71 bits per heavy atom. The van der Waals surface area contributed by atoms with E-state index in [2.05, 4.69) is 26.9 Å². The number of carbonyl (C=O) groups is 2. The first-order valence-corrected chi connectivity index (χ1v) is 8.44. The molecule has 0 unspecified atom stereocenters. The van der Waals surface area contributed by atoms with E-state index >= 15 is 0 Å². The SMILES string of the molecule is CCNC(=NCCCCCC(=O)OC)N1CCN(C(C)=O)CC1.I. The van der Waals surface area contributed by atoms with E-state index in [4.69, 9.17) is 0 Å². The van der Waals surface area contributed by atoms with Crippen LogP contribution >= 0.6 is 24.0 Å². The summed E-state index contributed by atoms with van der Waals surface area (Å²) < 4.78 is 4.62. The molecular weight excluding hydrogens is 423 g/mol. The molecule has 1 fully saturated rings. The number of aliphatic imine (C=N–C) groups is 1. The van der Waals surface area contributed by atoms with E-state index in [1.165, 1.54) is 7.11 Å². The summed E-state index contributed by atoms with van der Waals surface area (Å²) in [5.41, 5.74) is 0. The number of nitrogens with one attached hydrogen (secondary N) is 1. The molecule has 1 N–H and O–H groups in total. The van der Waals surface area contributed by atoms with Crippen molar-refractivity contribution in [3.63, 3.8) is 0 Å². The minimum atomic E-state index is -0.148. The van der Waals surface area contributed by atoms with Crippen LogP contribution in [-0.2, 0) is 14.3 Å². The van der Waals surface area contributed by atoms with E-state index in [0.29, 0.717) is 6.42 Å². The molecule has 8 heteroatoms. The topological polar surface area (TPSA) is 74.2 Å². The molecule has 1 aliphatic heterocycles. The Balaban J connectivity index is 0.00000529. The van der Waals surface area contributed by atoms with Crippen LogP contribution < -0.4 is 5.32 Å². The van der Waals surface area contributed by atoms with Crippen LogP contribution in [0.2, 0.25) is 0 Å². The predicted octanol–water partition coefficient (Wildman–Crippen LogP) is 1.47. The van der Waals surface area contributed by atoms with Crippen molar-refractivity contribution in [1.82, 2.24) is 15.1 Å². The molecular formula is C16H31IN4O3. The molecule has 24 heavy (non-hydrogen) atoms. The molecule has 0 aromatic heterocycles. The van der Waals surface area contributed by atoms with Gasteiger partial charge in [0.2, 0.25) is 5.91 Å². The minimum Gasteiger partial charge on any atom is -0.469 e. The number of nitrogens with zero attached hydrogens (tertiary/aromatic N) is 3. The molecule has 1 heterocycles. The van der Waals surface area contributed by atoms with Crippen LogP contribution in [0.1, 0.15) is 39.5 Å². The minimum absolute atomic E-state index is 0. The monoisotopic (exact) mass is 454 g/mol. The Bertz CT molecular complexity index is 410. The van der Waals surface area contributed by atoms with Crippen molar-refractivity contribution in [3.05, 3.63) is 0 Å². The van der Waals surface area contributed by atoms with Crippen molar-refractivity contribution in [2.45, 2.75) is 39.5 Å². The van der Waals surface area contributed by atoms with Crippen LogP contribution in [0.25, 0.3) is 0 Å². The number of unbranched alkanes of at least 4 members (excludes halogenated alkanes) is 2. The highest BCUT2D eigenvalue weighted by molar-refractivity contribution is 14.0. The lowest BCUT2D eigenvalue weighted by atomic mass is 10.2.